The van der Waals surface area contributed by atoms with Crippen molar-refractivity contribution >= 4 is 43.6 Å². The van der Waals surface area contributed by atoms with Crippen molar-refractivity contribution in [2.75, 3.05) is 0 Å². The van der Waals surface area contributed by atoms with Crippen molar-refractivity contribution in [3.63, 3.8) is 0 Å². The van der Waals surface area contributed by atoms with Crippen LogP contribution in [0, 0.1) is 3.70 Å². The second-order valence-corrected chi connectivity index (χ2v) is 5.43. The molecule has 0 aliphatic carbocycles. The van der Waals surface area contributed by atoms with E-state index in [0.29, 0.717) is 10.9 Å². The van der Waals surface area contributed by atoms with Gasteiger partial charge in [0.15, 0.2) is 0 Å². The molecule has 0 fully saturated rings. The normalized spacial score (nSPS) is 11.9. The largest absolute Gasteiger partial charge is 0.295 e. The molecule has 2 aromatic rings. The summed E-state index contributed by atoms with van der Waals surface area (Å²) in [6.07, 6.45) is 0. The lowest BCUT2D eigenvalue weighted by atomic mass is 10.2. The van der Waals surface area contributed by atoms with Gasteiger partial charge in [-0.25, -0.2) is 4.98 Å². The molecule has 78 valence electrons. The van der Waals surface area contributed by atoms with Gasteiger partial charge in [0.25, 0.3) is 10.1 Å². The van der Waals surface area contributed by atoms with E-state index in [9.17, 15) is 8.42 Å². The van der Waals surface area contributed by atoms with E-state index in [0.717, 1.165) is 3.70 Å². The average molecular weight is 335 g/mol. The van der Waals surface area contributed by atoms with E-state index < -0.39 is 10.1 Å². The summed E-state index contributed by atoms with van der Waals surface area (Å²) in [6.45, 7) is 0. The van der Waals surface area contributed by atoms with Crippen molar-refractivity contribution in [3.8, 4) is 0 Å². The van der Waals surface area contributed by atoms with Crippen LogP contribution in [-0.4, -0.2) is 18.0 Å². The van der Waals surface area contributed by atoms with Gasteiger partial charge >= 0.3 is 0 Å². The van der Waals surface area contributed by atoms with Crippen molar-refractivity contribution in [3.05, 3.63) is 34.0 Å². The summed E-state index contributed by atoms with van der Waals surface area (Å²) in [5.41, 5.74) is 0.553. The minimum atomic E-state index is -4.18. The number of aromatic nitrogens is 1. The maximum atomic E-state index is 11.1. The van der Waals surface area contributed by atoms with Crippen LogP contribution in [0.4, 0.5) is 0 Å². The van der Waals surface area contributed by atoms with Gasteiger partial charge in [0, 0.05) is 5.39 Å². The zero-order valence-corrected chi connectivity index (χ0v) is 10.4. The highest BCUT2D eigenvalue weighted by molar-refractivity contribution is 14.1. The fourth-order valence-electron chi connectivity index (χ4n) is 1.33. The second-order valence-electron chi connectivity index (χ2n) is 2.93. The minimum absolute atomic E-state index is 0.107. The van der Waals surface area contributed by atoms with E-state index in [-0.39, 0.29) is 4.90 Å². The van der Waals surface area contributed by atoms with Crippen molar-refractivity contribution in [1.29, 1.82) is 0 Å². The van der Waals surface area contributed by atoms with Gasteiger partial charge in [-0.05, 0) is 46.9 Å². The van der Waals surface area contributed by atoms with E-state index in [1.165, 1.54) is 6.07 Å². The molecule has 0 amide bonds. The Morgan fingerprint density at radius 3 is 2.60 bits per heavy atom. The third-order valence-electron chi connectivity index (χ3n) is 1.94. The van der Waals surface area contributed by atoms with Crippen LogP contribution in [0.3, 0.4) is 0 Å². The quantitative estimate of drug-likeness (QED) is 0.492. The summed E-state index contributed by atoms with van der Waals surface area (Å²) in [4.78, 5) is 4.05. The van der Waals surface area contributed by atoms with Crippen molar-refractivity contribution in [1.82, 2.24) is 4.98 Å². The standard InChI is InChI=1S/C9H6INO3S/c10-9-5-4-6-7(11-9)2-1-3-8(6)15(12,13)14/h1-5H,(H,12,13,14). The van der Waals surface area contributed by atoms with Gasteiger partial charge in [0.05, 0.1) is 5.52 Å². The van der Waals surface area contributed by atoms with Crippen LogP contribution in [0.5, 0.6) is 0 Å². The number of pyridine rings is 1. The first-order valence-corrected chi connectivity index (χ1v) is 6.53. The van der Waals surface area contributed by atoms with Gasteiger partial charge in [0.2, 0.25) is 0 Å². The summed E-state index contributed by atoms with van der Waals surface area (Å²) >= 11 is 2.04. The molecule has 0 bridgehead atoms. The fourth-order valence-corrected chi connectivity index (χ4v) is 2.47. The molecule has 1 N–H and O–H groups in total. The SMILES string of the molecule is O=S(=O)(O)c1cccc2nc(I)ccc12. The Morgan fingerprint density at radius 2 is 1.93 bits per heavy atom. The average Bonchev–Trinajstić information content (AvgIpc) is 2.15. The van der Waals surface area contributed by atoms with Gasteiger partial charge in [-0.3, -0.25) is 4.55 Å². The zero-order valence-electron chi connectivity index (χ0n) is 7.38. The Morgan fingerprint density at radius 1 is 1.20 bits per heavy atom. The molecular formula is C9H6INO3S. The van der Waals surface area contributed by atoms with Crippen LogP contribution >= 0.6 is 22.6 Å². The Bertz CT molecular complexity index is 624. The van der Waals surface area contributed by atoms with Crippen molar-refractivity contribution in [2.24, 2.45) is 0 Å². The van der Waals surface area contributed by atoms with Crippen LogP contribution in [0.1, 0.15) is 0 Å². The van der Waals surface area contributed by atoms with Crippen LogP contribution in [0.15, 0.2) is 35.2 Å². The molecule has 0 atom stereocenters. The molecule has 0 unspecified atom stereocenters. The fraction of sp³-hybridized carbons (Fsp3) is 0. The lowest BCUT2D eigenvalue weighted by molar-refractivity contribution is 0.484. The molecule has 6 heteroatoms. The third kappa shape index (κ3) is 2.11. The number of fused-ring (bicyclic) bond motifs is 1. The minimum Gasteiger partial charge on any atom is -0.282 e. The molecule has 0 saturated carbocycles. The van der Waals surface area contributed by atoms with Gasteiger partial charge in [-0.15, -0.1) is 0 Å². The van der Waals surface area contributed by atoms with Crippen LogP contribution in [-0.2, 0) is 10.1 Å². The number of halogens is 1. The number of hydrogen-bond donors (Lipinski definition) is 1. The molecule has 15 heavy (non-hydrogen) atoms. The van der Waals surface area contributed by atoms with E-state index >= 15 is 0 Å². The monoisotopic (exact) mass is 335 g/mol. The number of benzene rings is 1. The Hall–Kier alpha value is -0.730. The number of nitrogens with zero attached hydrogens (tertiary/aromatic N) is 1. The zero-order chi connectivity index (χ0) is 11.1. The molecular weight excluding hydrogens is 329 g/mol. The second kappa shape index (κ2) is 3.69. The highest BCUT2D eigenvalue weighted by Crippen LogP contribution is 2.21. The number of hydrogen-bond acceptors (Lipinski definition) is 3. The van der Waals surface area contributed by atoms with Gasteiger partial charge in [0.1, 0.15) is 8.60 Å². The Kier molecular flexibility index (Phi) is 2.65. The molecule has 1 aromatic carbocycles. The molecule has 0 radical (unpaired) electrons. The molecule has 1 aromatic heterocycles. The van der Waals surface area contributed by atoms with Gasteiger partial charge in [-0.2, -0.15) is 8.42 Å². The molecule has 0 spiro atoms. The summed E-state index contributed by atoms with van der Waals surface area (Å²) in [5.74, 6) is 0. The summed E-state index contributed by atoms with van der Waals surface area (Å²) < 4.78 is 31.9. The van der Waals surface area contributed by atoms with Crippen LogP contribution in [0.2, 0.25) is 0 Å². The lowest BCUT2D eigenvalue weighted by Gasteiger charge is -2.02. The molecule has 2 rings (SSSR count). The van der Waals surface area contributed by atoms with Crippen LogP contribution in [0.25, 0.3) is 10.9 Å². The third-order valence-corrected chi connectivity index (χ3v) is 3.45. The first-order valence-electron chi connectivity index (χ1n) is 4.01. The Balaban J connectivity index is 2.89. The van der Waals surface area contributed by atoms with Gasteiger partial charge in [-0.1, -0.05) is 6.07 Å². The Labute approximate surface area is 100 Å². The summed E-state index contributed by atoms with van der Waals surface area (Å²) in [5, 5.41) is 0.431. The summed E-state index contributed by atoms with van der Waals surface area (Å²) in [6, 6.07) is 7.93. The van der Waals surface area contributed by atoms with E-state index in [1.54, 1.807) is 24.3 Å². The maximum Gasteiger partial charge on any atom is 0.295 e. The molecule has 0 aliphatic heterocycles. The summed E-state index contributed by atoms with van der Waals surface area (Å²) in [7, 11) is -4.18. The molecule has 1 heterocycles. The predicted octanol–water partition coefficient (Wildman–Crippen LogP) is 2.09. The van der Waals surface area contributed by atoms with Crippen molar-refractivity contribution in [2.45, 2.75) is 4.90 Å². The topological polar surface area (TPSA) is 67.3 Å². The maximum absolute atomic E-state index is 11.1. The first kappa shape index (κ1) is 10.8. The van der Waals surface area contributed by atoms with E-state index in [4.69, 9.17) is 4.55 Å². The predicted molar refractivity (Wildman–Crippen MR) is 64.3 cm³/mol. The molecule has 4 nitrogen and oxygen atoms in total. The van der Waals surface area contributed by atoms with E-state index in [2.05, 4.69) is 4.98 Å². The lowest BCUT2D eigenvalue weighted by Crippen LogP contribution is -1.99. The first-order chi connectivity index (χ1) is 6.98. The highest BCUT2D eigenvalue weighted by atomic mass is 127. The van der Waals surface area contributed by atoms with Crippen molar-refractivity contribution < 1.29 is 13.0 Å². The number of rotatable bonds is 1. The molecule has 0 aliphatic rings. The van der Waals surface area contributed by atoms with Crippen LogP contribution < -0.4 is 0 Å². The highest BCUT2D eigenvalue weighted by Gasteiger charge is 2.13. The van der Waals surface area contributed by atoms with E-state index in [1.807, 2.05) is 22.6 Å². The molecule has 0 saturated heterocycles. The smallest absolute Gasteiger partial charge is 0.282 e. The van der Waals surface area contributed by atoms with Gasteiger partial charge < -0.3 is 0 Å².